The van der Waals surface area contributed by atoms with Crippen LogP contribution in [0.3, 0.4) is 0 Å². The third-order valence-electron chi connectivity index (χ3n) is 4.38. The molecule has 0 aliphatic heterocycles. The lowest BCUT2D eigenvalue weighted by Crippen LogP contribution is -2.28. The summed E-state index contributed by atoms with van der Waals surface area (Å²) in [5.74, 6) is -0.0480. The number of carbonyl (C=O) groups excluding carboxylic acids is 1. The van der Waals surface area contributed by atoms with Crippen molar-refractivity contribution in [2.24, 2.45) is 0 Å². The van der Waals surface area contributed by atoms with Gasteiger partial charge in [-0.05, 0) is 36.6 Å². The van der Waals surface area contributed by atoms with Crippen molar-refractivity contribution in [2.75, 3.05) is 6.54 Å². The standard InChI is InChI=1S/C20H19N3O2/c1-14-6-7-19-16(12-14)17(22-25-19)13-20(24)21-9-11-23-10-8-15-4-2-3-5-18(15)23/h2-8,10,12H,9,11,13H2,1H3,(H,21,24). The zero-order chi connectivity index (χ0) is 17.2. The molecular weight excluding hydrogens is 314 g/mol. The van der Waals surface area contributed by atoms with Crippen molar-refractivity contribution in [3.63, 3.8) is 0 Å². The summed E-state index contributed by atoms with van der Waals surface area (Å²) in [5, 5.41) is 9.11. The van der Waals surface area contributed by atoms with Gasteiger partial charge in [-0.1, -0.05) is 35.0 Å². The Kier molecular flexibility index (Phi) is 3.98. The van der Waals surface area contributed by atoms with E-state index in [-0.39, 0.29) is 12.3 Å². The quantitative estimate of drug-likeness (QED) is 0.608. The normalized spacial score (nSPS) is 11.2. The molecule has 126 valence electrons. The molecular formula is C20H19N3O2. The maximum atomic E-state index is 12.2. The monoisotopic (exact) mass is 333 g/mol. The van der Waals surface area contributed by atoms with Gasteiger partial charge in [-0.25, -0.2) is 0 Å². The van der Waals surface area contributed by atoms with Crippen molar-refractivity contribution in [3.05, 3.63) is 66.0 Å². The largest absolute Gasteiger partial charge is 0.356 e. The van der Waals surface area contributed by atoms with Crippen LogP contribution in [0.1, 0.15) is 11.3 Å². The van der Waals surface area contributed by atoms with Gasteiger partial charge in [0.05, 0.1) is 6.42 Å². The molecule has 25 heavy (non-hydrogen) atoms. The number of hydrogen-bond acceptors (Lipinski definition) is 3. The molecule has 5 nitrogen and oxygen atoms in total. The molecule has 1 amide bonds. The fourth-order valence-electron chi connectivity index (χ4n) is 3.10. The highest BCUT2D eigenvalue weighted by molar-refractivity contribution is 5.86. The summed E-state index contributed by atoms with van der Waals surface area (Å²) in [5.41, 5.74) is 3.70. The Hall–Kier alpha value is -3.08. The maximum absolute atomic E-state index is 12.2. The van der Waals surface area contributed by atoms with E-state index < -0.39 is 0 Å². The highest BCUT2D eigenvalue weighted by Gasteiger charge is 2.12. The highest BCUT2D eigenvalue weighted by atomic mass is 16.5. The molecule has 0 aliphatic carbocycles. The second-order valence-electron chi connectivity index (χ2n) is 6.22. The van der Waals surface area contributed by atoms with Gasteiger partial charge in [0.15, 0.2) is 5.58 Å². The van der Waals surface area contributed by atoms with Gasteiger partial charge >= 0.3 is 0 Å². The van der Waals surface area contributed by atoms with Gasteiger partial charge in [0.1, 0.15) is 5.69 Å². The number of para-hydroxylation sites is 1. The van der Waals surface area contributed by atoms with E-state index in [9.17, 15) is 4.79 Å². The van der Waals surface area contributed by atoms with Gasteiger partial charge in [0.25, 0.3) is 0 Å². The summed E-state index contributed by atoms with van der Waals surface area (Å²) in [7, 11) is 0. The molecule has 1 N–H and O–H groups in total. The lowest BCUT2D eigenvalue weighted by molar-refractivity contribution is -0.120. The van der Waals surface area contributed by atoms with E-state index >= 15 is 0 Å². The van der Waals surface area contributed by atoms with Crippen LogP contribution in [0.25, 0.3) is 21.9 Å². The molecule has 4 rings (SSSR count). The number of fused-ring (bicyclic) bond motifs is 2. The minimum atomic E-state index is -0.0480. The van der Waals surface area contributed by atoms with Crippen molar-refractivity contribution in [2.45, 2.75) is 19.9 Å². The Bertz CT molecular complexity index is 1050. The van der Waals surface area contributed by atoms with Crippen LogP contribution in [-0.4, -0.2) is 22.2 Å². The molecule has 2 heterocycles. The molecule has 0 aliphatic rings. The van der Waals surface area contributed by atoms with Crippen LogP contribution in [0.2, 0.25) is 0 Å². The van der Waals surface area contributed by atoms with Crippen LogP contribution in [-0.2, 0) is 17.8 Å². The molecule has 5 heteroatoms. The molecule has 0 spiro atoms. The third-order valence-corrected chi connectivity index (χ3v) is 4.38. The molecule has 0 fully saturated rings. The van der Waals surface area contributed by atoms with Crippen LogP contribution in [0.5, 0.6) is 0 Å². The van der Waals surface area contributed by atoms with Crippen LogP contribution in [0.4, 0.5) is 0 Å². The number of benzene rings is 2. The molecule has 2 aromatic carbocycles. The number of nitrogens with one attached hydrogen (secondary N) is 1. The second-order valence-corrected chi connectivity index (χ2v) is 6.22. The summed E-state index contributed by atoms with van der Waals surface area (Å²) >= 11 is 0. The van der Waals surface area contributed by atoms with Gasteiger partial charge in [-0.15, -0.1) is 0 Å². The Balaban J connectivity index is 1.38. The first-order valence-electron chi connectivity index (χ1n) is 8.36. The summed E-state index contributed by atoms with van der Waals surface area (Å²) < 4.78 is 7.43. The fraction of sp³-hybridized carbons (Fsp3) is 0.200. The van der Waals surface area contributed by atoms with Gasteiger partial charge < -0.3 is 14.4 Å². The van der Waals surface area contributed by atoms with Crippen molar-refractivity contribution in [3.8, 4) is 0 Å². The summed E-state index contributed by atoms with van der Waals surface area (Å²) in [6.45, 7) is 3.32. The minimum absolute atomic E-state index is 0.0480. The zero-order valence-corrected chi connectivity index (χ0v) is 14.0. The number of rotatable bonds is 5. The average molecular weight is 333 g/mol. The van der Waals surface area contributed by atoms with E-state index in [0.717, 1.165) is 17.5 Å². The molecule has 0 radical (unpaired) electrons. The third kappa shape index (κ3) is 3.13. The van der Waals surface area contributed by atoms with Gasteiger partial charge in [-0.3, -0.25) is 4.79 Å². The Morgan fingerprint density at radius 3 is 3.00 bits per heavy atom. The van der Waals surface area contributed by atoms with Gasteiger partial charge in [0, 0.05) is 30.2 Å². The average Bonchev–Trinajstić information content (AvgIpc) is 3.20. The molecule has 0 saturated carbocycles. The van der Waals surface area contributed by atoms with Crippen LogP contribution >= 0.6 is 0 Å². The number of amides is 1. The van der Waals surface area contributed by atoms with Gasteiger partial charge in [0.2, 0.25) is 5.91 Å². The molecule has 0 bridgehead atoms. The molecule has 4 aromatic rings. The van der Waals surface area contributed by atoms with Crippen molar-refractivity contribution >= 4 is 27.8 Å². The molecule has 2 aromatic heterocycles. The van der Waals surface area contributed by atoms with E-state index in [2.05, 4.69) is 33.2 Å². The Morgan fingerprint density at radius 1 is 1.20 bits per heavy atom. The lowest BCUT2D eigenvalue weighted by atomic mass is 10.1. The topological polar surface area (TPSA) is 60.1 Å². The zero-order valence-electron chi connectivity index (χ0n) is 14.0. The van der Waals surface area contributed by atoms with E-state index in [0.29, 0.717) is 17.8 Å². The summed E-state index contributed by atoms with van der Waals surface area (Å²) in [6, 6.07) is 16.2. The Labute approximate surface area is 145 Å². The maximum Gasteiger partial charge on any atom is 0.226 e. The number of hydrogen-bond donors (Lipinski definition) is 1. The first-order chi connectivity index (χ1) is 12.2. The van der Waals surface area contributed by atoms with Crippen LogP contribution < -0.4 is 5.32 Å². The SMILES string of the molecule is Cc1ccc2onc(CC(=O)NCCn3ccc4ccccc43)c2c1. The summed E-state index contributed by atoms with van der Waals surface area (Å²) in [4.78, 5) is 12.2. The predicted molar refractivity (Wildman–Crippen MR) is 97.4 cm³/mol. The summed E-state index contributed by atoms with van der Waals surface area (Å²) in [6.07, 6.45) is 2.27. The van der Waals surface area contributed by atoms with Crippen LogP contribution in [0.15, 0.2) is 59.3 Å². The smallest absolute Gasteiger partial charge is 0.226 e. The number of carbonyl (C=O) groups is 1. The van der Waals surface area contributed by atoms with E-state index in [4.69, 9.17) is 4.52 Å². The fourth-order valence-corrected chi connectivity index (χ4v) is 3.10. The van der Waals surface area contributed by atoms with E-state index in [1.807, 2.05) is 43.5 Å². The molecule has 0 unspecified atom stereocenters. The second kappa shape index (κ2) is 6.43. The number of aromatic nitrogens is 2. The molecule has 0 atom stereocenters. The van der Waals surface area contributed by atoms with Crippen molar-refractivity contribution < 1.29 is 9.32 Å². The molecule has 0 saturated heterocycles. The van der Waals surface area contributed by atoms with E-state index in [1.54, 1.807) is 0 Å². The van der Waals surface area contributed by atoms with Crippen molar-refractivity contribution in [1.29, 1.82) is 0 Å². The number of aryl methyl sites for hydroxylation is 1. The predicted octanol–water partition coefficient (Wildman–Crippen LogP) is 3.45. The van der Waals surface area contributed by atoms with E-state index in [1.165, 1.54) is 10.9 Å². The lowest BCUT2D eigenvalue weighted by Gasteiger charge is -2.07. The first-order valence-corrected chi connectivity index (χ1v) is 8.36. The Morgan fingerprint density at radius 2 is 2.08 bits per heavy atom. The first kappa shape index (κ1) is 15.4. The highest BCUT2D eigenvalue weighted by Crippen LogP contribution is 2.20. The van der Waals surface area contributed by atoms with Crippen molar-refractivity contribution in [1.82, 2.24) is 15.0 Å². The minimum Gasteiger partial charge on any atom is -0.356 e. The number of nitrogens with zero attached hydrogens (tertiary/aromatic N) is 2. The van der Waals surface area contributed by atoms with Crippen LogP contribution in [0, 0.1) is 6.92 Å². The van der Waals surface area contributed by atoms with Gasteiger partial charge in [-0.2, -0.15) is 0 Å².